The predicted molar refractivity (Wildman–Crippen MR) is 117 cm³/mol. The molecule has 0 unspecified atom stereocenters. The Morgan fingerprint density at radius 3 is 2.29 bits per heavy atom. The van der Waals surface area contributed by atoms with Crippen LogP contribution in [0.15, 0.2) is 71.2 Å². The van der Waals surface area contributed by atoms with Gasteiger partial charge in [0.1, 0.15) is 5.82 Å². The minimum Gasteiger partial charge on any atom is -0.274 e. The first-order chi connectivity index (χ1) is 13.6. The van der Waals surface area contributed by atoms with Gasteiger partial charge in [0, 0.05) is 10.0 Å². The highest BCUT2D eigenvalue weighted by Gasteiger charge is 2.19. The lowest BCUT2D eigenvalue weighted by atomic mass is 10.1. The van der Waals surface area contributed by atoms with Gasteiger partial charge in [0.05, 0.1) is 21.7 Å². The van der Waals surface area contributed by atoms with E-state index in [2.05, 4.69) is 47.1 Å². The number of hydrogen-bond donors (Lipinski definition) is 0. The van der Waals surface area contributed by atoms with Crippen LogP contribution in [0.4, 0.5) is 0 Å². The second-order valence-corrected chi connectivity index (χ2v) is 7.91. The summed E-state index contributed by atoms with van der Waals surface area (Å²) in [7, 11) is 0. The van der Waals surface area contributed by atoms with Crippen LogP contribution >= 0.6 is 27.5 Å². The van der Waals surface area contributed by atoms with E-state index in [9.17, 15) is 0 Å². The van der Waals surface area contributed by atoms with E-state index in [1.54, 1.807) is 0 Å². The minimum absolute atomic E-state index is 0.591. The number of imidazole rings is 1. The SMILES string of the molecule is Cc1ccc(-c2nc3nc4ccccc4nc3n2-c2ccc(Br)cc2Cl)cc1. The third-order valence-corrected chi connectivity index (χ3v) is 5.43. The van der Waals surface area contributed by atoms with Gasteiger partial charge < -0.3 is 0 Å². The number of nitrogens with zero attached hydrogens (tertiary/aromatic N) is 4. The lowest BCUT2D eigenvalue weighted by Crippen LogP contribution is -2.00. The summed E-state index contributed by atoms with van der Waals surface area (Å²) in [5, 5.41) is 0.608. The summed E-state index contributed by atoms with van der Waals surface area (Å²) in [6, 6.07) is 21.8. The van der Waals surface area contributed by atoms with E-state index >= 15 is 0 Å². The van der Waals surface area contributed by atoms with Crippen molar-refractivity contribution in [2.24, 2.45) is 0 Å². The fraction of sp³-hybridized carbons (Fsp3) is 0.0455. The number of para-hydroxylation sites is 2. The smallest absolute Gasteiger partial charge is 0.199 e. The summed E-state index contributed by atoms with van der Waals surface area (Å²) in [5.74, 6) is 0.759. The third-order valence-electron chi connectivity index (χ3n) is 4.63. The standard InChI is InChI=1S/C22H14BrClN4/c1-13-6-8-14(9-7-13)21-27-20-22(26-18-5-3-2-4-17(18)25-20)28(21)19-11-10-15(23)12-16(19)24/h2-12H,1H3. The number of rotatable bonds is 2. The molecule has 0 atom stereocenters. The summed E-state index contributed by atoms with van der Waals surface area (Å²) in [6.07, 6.45) is 0. The molecule has 2 aromatic heterocycles. The number of fused-ring (bicyclic) bond motifs is 2. The van der Waals surface area contributed by atoms with Gasteiger partial charge in [0.25, 0.3) is 0 Å². The number of benzene rings is 3. The van der Waals surface area contributed by atoms with Crippen molar-refractivity contribution in [3.05, 3.63) is 81.8 Å². The van der Waals surface area contributed by atoms with Crippen molar-refractivity contribution in [3.8, 4) is 17.1 Å². The Hall–Kier alpha value is -2.76. The zero-order valence-electron chi connectivity index (χ0n) is 14.9. The van der Waals surface area contributed by atoms with E-state index in [4.69, 9.17) is 26.6 Å². The Morgan fingerprint density at radius 1 is 0.857 bits per heavy atom. The van der Waals surface area contributed by atoms with Crippen molar-refractivity contribution in [1.29, 1.82) is 0 Å². The van der Waals surface area contributed by atoms with Crippen LogP contribution in [0.5, 0.6) is 0 Å². The topological polar surface area (TPSA) is 43.6 Å². The lowest BCUT2D eigenvalue weighted by molar-refractivity contribution is 1.08. The lowest BCUT2D eigenvalue weighted by Gasteiger charge is -2.11. The van der Waals surface area contributed by atoms with Gasteiger partial charge in [-0.25, -0.2) is 15.0 Å². The van der Waals surface area contributed by atoms with E-state index in [0.717, 1.165) is 32.6 Å². The zero-order valence-corrected chi connectivity index (χ0v) is 17.2. The van der Waals surface area contributed by atoms with Gasteiger partial charge >= 0.3 is 0 Å². The molecule has 136 valence electrons. The van der Waals surface area contributed by atoms with Crippen LogP contribution in [0, 0.1) is 6.92 Å². The van der Waals surface area contributed by atoms with Gasteiger partial charge in [-0.2, -0.15) is 0 Å². The minimum atomic E-state index is 0.591. The van der Waals surface area contributed by atoms with E-state index < -0.39 is 0 Å². The molecule has 28 heavy (non-hydrogen) atoms. The maximum atomic E-state index is 6.60. The van der Waals surface area contributed by atoms with E-state index in [1.807, 2.05) is 47.0 Å². The molecular formula is C22H14BrClN4. The molecule has 3 aromatic carbocycles. The second-order valence-electron chi connectivity index (χ2n) is 6.59. The summed E-state index contributed by atoms with van der Waals surface area (Å²) in [5.41, 5.74) is 5.89. The molecule has 0 amide bonds. The highest BCUT2D eigenvalue weighted by molar-refractivity contribution is 9.10. The molecule has 0 radical (unpaired) electrons. The molecule has 0 bridgehead atoms. The average molecular weight is 450 g/mol. The summed E-state index contributed by atoms with van der Waals surface area (Å²) >= 11 is 10.1. The predicted octanol–water partition coefficient (Wildman–Crippen LogP) is 6.36. The molecule has 0 fully saturated rings. The van der Waals surface area contributed by atoms with Crippen molar-refractivity contribution in [3.63, 3.8) is 0 Å². The Balaban J connectivity index is 1.89. The summed E-state index contributed by atoms with van der Waals surface area (Å²) in [4.78, 5) is 14.4. The van der Waals surface area contributed by atoms with Crippen LogP contribution in [-0.4, -0.2) is 19.5 Å². The molecule has 0 aliphatic carbocycles. The van der Waals surface area contributed by atoms with Crippen LogP contribution in [0.25, 0.3) is 39.4 Å². The van der Waals surface area contributed by atoms with Gasteiger partial charge in [-0.3, -0.25) is 4.57 Å². The van der Waals surface area contributed by atoms with E-state index in [1.165, 1.54) is 5.56 Å². The fourth-order valence-electron chi connectivity index (χ4n) is 3.24. The molecule has 0 N–H and O–H groups in total. The van der Waals surface area contributed by atoms with E-state index in [0.29, 0.717) is 16.3 Å². The molecular weight excluding hydrogens is 436 g/mol. The molecule has 0 spiro atoms. The van der Waals surface area contributed by atoms with Crippen molar-refractivity contribution in [1.82, 2.24) is 19.5 Å². The number of hydrogen-bond acceptors (Lipinski definition) is 3. The van der Waals surface area contributed by atoms with Crippen LogP contribution < -0.4 is 0 Å². The van der Waals surface area contributed by atoms with Gasteiger partial charge in [-0.15, -0.1) is 0 Å². The maximum absolute atomic E-state index is 6.60. The molecule has 2 heterocycles. The molecule has 4 nitrogen and oxygen atoms in total. The largest absolute Gasteiger partial charge is 0.274 e. The Labute approximate surface area is 175 Å². The van der Waals surface area contributed by atoms with Crippen LogP contribution in [0.3, 0.4) is 0 Å². The van der Waals surface area contributed by atoms with Crippen LogP contribution in [0.2, 0.25) is 5.02 Å². The maximum Gasteiger partial charge on any atom is 0.199 e. The highest BCUT2D eigenvalue weighted by Crippen LogP contribution is 2.33. The normalized spacial score (nSPS) is 11.4. The highest BCUT2D eigenvalue weighted by atomic mass is 79.9. The van der Waals surface area contributed by atoms with Gasteiger partial charge in [0.2, 0.25) is 0 Å². The number of halogens is 2. The van der Waals surface area contributed by atoms with Crippen molar-refractivity contribution in [2.45, 2.75) is 6.92 Å². The first-order valence-corrected chi connectivity index (χ1v) is 9.95. The van der Waals surface area contributed by atoms with Crippen molar-refractivity contribution >= 4 is 49.9 Å². The quantitative estimate of drug-likeness (QED) is 0.315. The molecule has 5 rings (SSSR count). The Kier molecular flexibility index (Phi) is 4.14. The zero-order chi connectivity index (χ0) is 19.3. The van der Waals surface area contributed by atoms with Gasteiger partial charge in [0.15, 0.2) is 11.3 Å². The van der Waals surface area contributed by atoms with Gasteiger partial charge in [-0.05, 0) is 37.3 Å². The van der Waals surface area contributed by atoms with Crippen LogP contribution in [-0.2, 0) is 0 Å². The van der Waals surface area contributed by atoms with Gasteiger partial charge in [-0.1, -0.05) is 69.5 Å². The Morgan fingerprint density at radius 2 is 1.57 bits per heavy atom. The molecule has 5 aromatic rings. The van der Waals surface area contributed by atoms with Crippen molar-refractivity contribution in [2.75, 3.05) is 0 Å². The van der Waals surface area contributed by atoms with E-state index in [-0.39, 0.29) is 0 Å². The molecule has 0 aliphatic rings. The number of aromatic nitrogens is 4. The number of aryl methyl sites for hydroxylation is 1. The summed E-state index contributed by atoms with van der Waals surface area (Å²) < 4.78 is 2.90. The second kappa shape index (κ2) is 6.69. The van der Waals surface area contributed by atoms with Crippen molar-refractivity contribution < 1.29 is 0 Å². The Bertz CT molecular complexity index is 1340. The average Bonchev–Trinajstić information content (AvgIpc) is 3.05. The fourth-order valence-corrected chi connectivity index (χ4v) is 4.00. The van der Waals surface area contributed by atoms with Crippen LogP contribution in [0.1, 0.15) is 5.56 Å². The molecule has 0 saturated carbocycles. The first-order valence-electron chi connectivity index (χ1n) is 8.78. The summed E-state index contributed by atoms with van der Waals surface area (Å²) in [6.45, 7) is 2.06. The monoisotopic (exact) mass is 448 g/mol. The third kappa shape index (κ3) is 2.87. The first kappa shape index (κ1) is 17.3. The molecule has 0 saturated heterocycles. The molecule has 0 aliphatic heterocycles. The molecule has 6 heteroatoms.